The Morgan fingerprint density at radius 2 is 0.734 bits per heavy atom. The van der Waals surface area contributed by atoms with Crippen molar-refractivity contribution in [1.82, 2.24) is 0 Å². The van der Waals surface area contributed by atoms with Crippen molar-refractivity contribution in [3.63, 3.8) is 0 Å². The molecule has 0 unspecified atom stereocenters. The third kappa shape index (κ3) is 5.50. The summed E-state index contributed by atoms with van der Waals surface area (Å²) in [5.74, 6) is 0. The highest BCUT2D eigenvalue weighted by molar-refractivity contribution is 6.89. The summed E-state index contributed by atoms with van der Waals surface area (Å²) in [7, 11) is -1.83. The molecule has 306 valence electrons. The minimum absolute atomic E-state index is 0.621. The summed E-state index contributed by atoms with van der Waals surface area (Å²) >= 11 is 0. The molecule has 0 fully saturated rings. The maximum Gasteiger partial charge on any atom is 0.0803 e. The molecule has 10 aromatic rings. The Morgan fingerprint density at radius 1 is 0.344 bits per heavy atom. The highest BCUT2D eigenvalue weighted by Crippen LogP contribution is 2.67. The minimum atomic E-state index is -1.83. The van der Waals surface area contributed by atoms with Crippen LogP contribution in [0.3, 0.4) is 0 Å². The molecule has 10 aromatic carbocycles. The van der Waals surface area contributed by atoms with Gasteiger partial charge >= 0.3 is 0 Å². The summed E-state index contributed by atoms with van der Waals surface area (Å²) in [6.45, 7) is 9.62. The zero-order valence-corrected chi connectivity index (χ0v) is 37.7. The number of rotatable bonds is 7. The van der Waals surface area contributed by atoms with Crippen LogP contribution >= 0.6 is 0 Å². The van der Waals surface area contributed by atoms with Crippen molar-refractivity contribution in [2.24, 2.45) is 0 Å². The van der Waals surface area contributed by atoms with Crippen molar-refractivity contribution >= 4 is 68.9 Å². The van der Waals surface area contributed by atoms with E-state index in [0.717, 1.165) is 11.4 Å². The molecule has 0 heterocycles. The molecule has 12 rings (SSSR count). The van der Waals surface area contributed by atoms with Crippen LogP contribution in [-0.2, 0) is 5.41 Å². The number of anilines is 6. The lowest BCUT2D eigenvalue weighted by Crippen LogP contribution is -2.40. The van der Waals surface area contributed by atoms with Crippen LogP contribution in [0.2, 0.25) is 19.6 Å². The topological polar surface area (TPSA) is 6.48 Å². The molecule has 2 nitrogen and oxygen atoms in total. The molecule has 0 aromatic heterocycles. The van der Waals surface area contributed by atoms with Gasteiger partial charge in [-0.15, -0.1) is 0 Å². The SMILES string of the molecule is Cc1ccccc1N(c1ccccc1)c1cc2c(c3ccccc13)-c1c(cc(N(c3ccccc3)c3ccccc3[Si](C)(C)C)c3ccccc13)C21c2ccccc2-c2ccccc21. The fourth-order valence-corrected chi connectivity index (χ4v) is 12.8. The molecule has 2 aliphatic carbocycles. The van der Waals surface area contributed by atoms with Gasteiger partial charge in [-0.25, -0.2) is 0 Å². The molecule has 0 atom stereocenters. The van der Waals surface area contributed by atoms with Gasteiger partial charge in [-0.2, -0.15) is 0 Å². The molecular formula is C61H48N2Si. The summed E-state index contributed by atoms with van der Waals surface area (Å²) in [4.78, 5) is 5.06. The molecule has 0 amide bonds. The van der Waals surface area contributed by atoms with Gasteiger partial charge in [-0.3, -0.25) is 0 Å². The first kappa shape index (κ1) is 38.2. The Kier molecular flexibility index (Phi) is 8.69. The molecule has 0 saturated heterocycles. The van der Waals surface area contributed by atoms with Crippen molar-refractivity contribution in [1.29, 1.82) is 0 Å². The number of hydrogen-bond acceptors (Lipinski definition) is 2. The number of para-hydroxylation sites is 4. The highest BCUT2D eigenvalue weighted by Gasteiger charge is 2.53. The number of aryl methyl sites for hydroxylation is 1. The first-order chi connectivity index (χ1) is 31.4. The molecule has 0 aliphatic heterocycles. The van der Waals surface area contributed by atoms with Crippen LogP contribution in [0.25, 0.3) is 43.8 Å². The number of benzene rings is 10. The van der Waals surface area contributed by atoms with Crippen LogP contribution < -0.4 is 15.0 Å². The molecule has 0 saturated carbocycles. The van der Waals surface area contributed by atoms with Crippen molar-refractivity contribution in [2.75, 3.05) is 9.80 Å². The van der Waals surface area contributed by atoms with Crippen molar-refractivity contribution < 1.29 is 0 Å². The lowest BCUT2D eigenvalue weighted by molar-refractivity contribution is 0.795. The van der Waals surface area contributed by atoms with Crippen molar-refractivity contribution in [3.8, 4) is 22.3 Å². The normalized spacial score (nSPS) is 13.1. The van der Waals surface area contributed by atoms with Gasteiger partial charge in [0, 0.05) is 33.5 Å². The average molecular weight is 837 g/mol. The molecular weight excluding hydrogens is 789 g/mol. The van der Waals surface area contributed by atoms with Crippen LogP contribution in [-0.4, -0.2) is 8.07 Å². The van der Waals surface area contributed by atoms with Gasteiger partial charge in [0.2, 0.25) is 0 Å². The second kappa shape index (κ2) is 14.6. The van der Waals surface area contributed by atoms with E-state index < -0.39 is 13.5 Å². The summed E-state index contributed by atoms with van der Waals surface area (Å²) in [5, 5.41) is 6.41. The third-order valence-corrected chi connectivity index (χ3v) is 15.9. The summed E-state index contributed by atoms with van der Waals surface area (Å²) in [6.07, 6.45) is 0. The molecule has 2 aliphatic rings. The molecule has 0 radical (unpaired) electrons. The maximum absolute atomic E-state index is 2.59. The molecule has 0 bridgehead atoms. The van der Waals surface area contributed by atoms with Crippen LogP contribution in [0.5, 0.6) is 0 Å². The van der Waals surface area contributed by atoms with E-state index in [1.165, 1.54) is 99.6 Å². The first-order valence-corrected chi connectivity index (χ1v) is 26.0. The smallest absolute Gasteiger partial charge is 0.0803 e. The lowest BCUT2D eigenvalue weighted by Gasteiger charge is -2.35. The Labute approximate surface area is 377 Å². The van der Waals surface area contributed by atoms with Gasteiger partial charge in [0.1, 0.15) is 0 Å². The van der Waals surface area contributed by atoms with E-state index >= 15 is 0 Å². The van der Waals surface area contributed by atoms with E-state index in [1.54, 1.807) is 0 Å². The van der Waals surface area contributed by atoms with Crippen molar-refractivity contribution in [3.05, 3.63) is 246 Å². The van der Waals surface area contributed by atoms with Gasteiger partial charge in [0.15, 0.2) is 0 Å². The fraction of sp³-hybridized carbons (Fsp3) is 0.0820. The Bertz CT molecular complexity index is 3410. The Morgan fingerprint density at radius 3 is 1.23 bits per heavy atom. The quantitative estimate of drug-likeness (QED) is 0.148. The monoisotopic (exact) mass is 836 g/mol. The number of nitrogens with zero attached hydrogens (tertiary/aromatic N) is 2. The summed E-state index contributed by atoms with van der Waals surface area (Å²) in [6, 6.07) is 81.8. The van der Waals surface area contributed by atoms with E-state index in [9.17, 15) is 0 Å². The predicted octanol–water partition coefficient (Wildman–Crippen LogP) is 16.1. The van der Waals surface area contributed by atoms with E-state index in [1.807, 2.05) is 0 Å². The van der Waals surface area contributed by atoms with Crippen molar-refractivity contribution in [2.45, 2.75) is 32.0 Å². The second-order valence-corrected chi connectivity index (χ2v) is 23.5. The minimum Gasteiger partial charge on any atom is -0.310 e. The van der Waals surface area contributed by atoms with Crippen LogP contribution in [0.4, 0.5) is 34.1 Å². The summed E-state index contributed by atoms with van der Waals surface area (Å²) in [5.41, 5.74) is 18.2. The third-order valence-electron chi connectivity index (χ3n) is 13.9. The first-order valence-electron chi connectivity index (χ1n) is 22.5. The zero-order chi connectivity index (χ0) is 43.2. The Hall–Kier alpha value is -7.46. The van der Waals surface area contributed by atoms with Gasteiger partial charge in [0.05, 0.1) is 24.9 Å². The highest BCUT2D eigenvalue weighted by atomic mass is 28.3. The predicted molar refractivity (Wildman–Crippen MR) is 275 cm³/mol. The molecule has 64 heavy (non-hydrogen) atoms. The molecule has 3 heteroatoms. The van der Waals surface area contributed by atoms with E-state index in [2.05, 4.69) is 255 Å². The Balaban J connectivity index is 1.27. The molecule has 0 N–H and O–H groups in total. The maximum atomic E-state index is 2.59. The van der Waals surface area contributed by atoms with Gasteiger partial charge in [0.25, 0.3) is 0 Å². The van der Waals surface area contributed by atoms with Gasteiger partial charge < -0.3 is 9.80 Å². The van der Waals surface area contributed by atoms with E-state index in [0.29, 0.717) is 0 Å². The molecule has 1 spiro atoms. The number of fused-ring (bicyclic) bond motifs is 14. The fourth-order valence-electron chi connectivity index (χ4n) is 11.3. The second-order valence-electron chi connectivity index (χ2n) is 18.5. The lowest BCUT2D eigenvalue weighted by atomic mass is 9.70. The summed E-state index contributed by atoms with van der Waals surface area (Å²) < 4.78 is 0. The van der Waals surface area contributed by atoms with Crippen LogP contribution in [0.1, 0.15) is 27.8 Å². The zero-order valence-electron chi connectivity index (χ0n) is 36.7. The van der Waals surface area contributed by atoms with Gasteiger partial charge in [-0.1, -0.05) is 189 Å². The van der Waals surface area contributed by atoms with Crippen LogP contribution in [0.15, 0.2) is 218 Å². The van der Waals surface area contributed by atoms with Crippen LogP contribution in [0, 0.1) is 6.92 Å². The standard InChI is InChI=1S/C61H48N2Si/c1-41-23-11-20-36-54(41)62(42-24-7-5-8-25-42)56-39-52-59(48-32-14-12-30-46(48)56)60-49-33-15-13-31-47(49)57(63(43-26-9-6-10-27-43)55-37-21-22-38-58(55)64(2,3)4)40-53(60)61(52)50-34-18-16-28-44(50)45-29-17-19-35-51(45)61/h5-40H,1-4H3. The van der Waals surface area contributed by atoms with E-state index in [-0.39, 0.29) is 0 Å². The van der Waals surface area contributed by atoms with Gasteiger partial charge in [-0.05, 0) is 121 Å². The average Bonchev–Trinajstić information content (AvgIpc) is 3.80. The number of hydrogen-bond donors (Lipinski definition) is 0. The largest absolute Gasteiger partial charge is 0.310 e. The van der Waals surface area contributed by atoms with E-state index in [4.69, 9.17) is 0 Å².